The Balaban J connectivity index is 1.57. The summed E-state index contributed by atoms with van der Waals surface area (Å²) < 4.78 is 11.1. The van der Waals surface area contributed by atoms with Crippen molar-refractivity contribution in [3.63, 3.8) is 0 Å². The lowest BCUT2D eigenvalue weighted by atomic mass is 10.1. The van der Waals surface area contributed by atoms with Crippen LogP contribution >= 0.6 is 0 Å². The maximum atomic E-state index is 13.2. The molecule has 2 heterocycles. The van der Waals surface area contributed by atoms with Gasteiger partial charge in [0, 0.05) is 6.04 Å². The van der Waals surface area contributed by atoms with E-state index in [1.807, 2.05) is 41.3 Å². The van der Waals surface area contributed by atoms with Gasteiger partial charge in [0.15, 0.2) is 6.10 Å². The van der Waals surface area contributed by atoms with Crippen LogP contribution in [0, 0.1) is 0 Å². The van der Waals surface area contributed by atoms with Gasteiger partial charge in [-0.3, -0.25) is 14.5 Å². The van der Waals surface area contributed by atoms with E-state index < -0.39 is 6.10 Å². The van der Waals surface area contributed by atoms with Gasteiger partial charge in [-0.1, -0.05) is 25.0 Å². The molecule has 1 unspecified atom stereocenters. The van der Waals surface area contributed by atoms with Crippen molar-refractivity contribution < 1.29 is 18.7 Å². The molecule has 0 saturated heterocycles. The molecule has 1 aromatic carbocycles. The highest BCUT2D eigenvalue weighted by atomic mass is 16.5. The molecule has 0 spiro atoms. The van der Waals surface area contributed by atoms with E-state index in [4.69, 9.17) is 9.15 Å². The van der Waals surface area contributed by atoms with Crippen LogP contribution in [-0.4, -0.2) is 35.4 Å². The summed E-state index contributed by atoms with van der Waals surface area (Å²) in [6, 6.07) is 11.3. The topological polar surface area (TPSA) is 63.0 Å². The number of carbonyl (C=O) groups excluding carboxylic acids is 2. The van der Waals surface area contributed by atoms with Gasteiger partial charge in [0.25, 0.3) is 5.91 Å². The van der Waals surface area contributed by atoms with Crippen LogP contribution in [-0.2, 0) is 16.1 Å². The maximum absolute atomic E-state index is 13.2. The molecular weight excluding hydrogens is 344 g/mol. The summed E-state index contributed by atoms with van der Waals surface area (Å²) in [6.07, 6.45) is 5.27. The summed E-state index contributed by atoms with van der Waals surface area (Å²) >= 11 is 0. The summed E-state index contributed by atoms with van der Waals surface area (Å²) in [5.41, 5.74) is 0.651. The highest BCUT2D eigenvalue weighted by Crippen LogP contribution is 2.34. The Hall–Kier alpha value is -2.76. The fourth-order valence-corrected chi connectivity index (χ4v) is 3.96. The number of furan rings is 1. The van der Waals surface area contributed by atoms with Crippen LogP contribution in [0.2, 0.25) is 0 Å². The Kier molecular flexibility index (Phi) is 4.88. The molecule has 2 aliphatic rings. The first-order chi connectivity index (χ1) is 13.1. The molecule has 6 nitrogen and oxygen atoms in total. The molecule has 1 aromatic heterocycles. The molecule has 2 aromatic rings. The van der Waals surface area contributed by atoms with Crippen molar-refractivity contribution in [1.82, 2.24) is 4.90 Å². The van der Waals surface area contributed by atoms with E-state index in [9.17, 15) is 9.59 Å². The van der Waals surface area contributed by atoms with Gasteiger partial charge in [0.05, 0.1) is 18.5 Å². The summed E-state index contributed by atoms with van der Waals surface area (Å²) in [6.45, 7) is 2.17. The third kappa shape index (κ3) is 3.56. The highest BCUT2D eigenvalue weighted by Gasteiger charge is 2.35. The van der Waals surface area contributed by atoms with E-state index in [1.54, 1.807) is 18.1 Å². The highest BCUT2D eigenvalue weighted by molar-refractivity contribution is 6.03. The summed E-state index contributed by atoms with van der Waals surface area (Å²) in [7, 11) is 0. The second-order valence-corrected chi connectivity index (χ2v) is 7.19. The zero-order valence-corrected chi connectivity index (χ0v) is 15.5. The number of rotatable bonds is 5. The van der Waals surface area contributed by atoms with Crippen molar-refractivity contribution in [3.8, 4) is 5.75 Å². The van der Waals surface area contributed by atoms with Crippen LogP contribution in [0.25, 0.3) is 0 Å². The molecule has 142 valence electrons. The first-order valence-electron chi connectivity index (χ1n) is 9.52. The van der Waals surface area contributed by atoms with Crippen LogP contribution < -0.4 is 9.64 Å². The molecule has 0 N–H and O–H groups in total. The van der Waals surface area contributed by atoms with Gasteiger partial charge in [-0.25, -0.2) is 0 Å². The first-order valence-corrected chi connectivity index (χ1v) is 9.52. The molecule has 1 aliphatic heterocycles. The zero-order chi connectivity index (χ0) is 18.8. The summed E-state index contributed by atoms with van der Waals surface area (Å²) in [5.74, 6) is 1.15. The van der Waals surface area contributed by atoms with Gasteiger partial charge < -0.3 is 14.1 Å². The molecular formula is C21H24N2O4. The van der Waals surface area contributed by atoms with Crippen molar-refractivity contribution in [3.05, 3.63) is 48.4 Å². The van der Waals surface area contributed by atoms with Gasteiger partial charge in [0.1, 0.15) is 18.1 Å². The number of anilines is 1. The number of benzene rings is 1. The summed E-state index contributed by atoms with van der Waals surface area (Å²) in [4.78, 5) is 29.4. The van der Waals surface area contributed by atoms with Crippen molar-refractivity contribution in [2.24, 2.45) is 0 Å². The number of ether oxygens (including phenoxy) is 1. The summed E-state index contributed by atoms with van der Waals surface area (Å²) in [5, 5.41) is 0. The average molecular weight is 368 g/mol. The molecule has 0 bridgehead atoms. The van der Waals surface area contributed by atoms with Crippen molar-refractivity contribution in [2.45, 2.75) is 51.3 Å². The van der Waals surface area contributed by atoms with E-state index in [0.29, 0.717) is 18.0 Å². The minimum atomic E-state index is -0.599. The monoisotopic (exact) mass is 368 g/mol. The Bertz CT molecular complexity index is 811. The van der Waals surface area contributed by atoms with Crippen LogP contribution in [0.15, 0.2) is 47.1 Å². The van der Waals surface area contributed by atoms with E-state index in [-0.39, 0.29) is 24.4 Å². The van der Waals surface area contributed by atoms with Crippen molar-refractivity contribution in [2.75, 3.05) is 11.4 Å². The SMILES string of the molecule is CC1Oc2ccccc2N(CC(=O)N(Cc2ccco2)C2CCCC2)C1=O. The smallest absolute Gasteiger partial charge is 0.268 e. The minimum absolute atomic E-state index is 0.0146. The van der Waals surface area contributed by atoms with Crippen LogP contribution in [0.3, 0.4) is 0 Å². The molecule has 27 heavy (non-hydrogen) atoms. The lowest BCUT2D eigenvalue weighted by molar-refractivity contribution is -0.135. The zero-order valence-electron chi connectivity index (χ0n) is 15.5. The number of hydrogen-bond donors (Lipinski definition) is 0. The van der Waals surface area contributed by atoms with Crippen molar-refractivity contribution in [1.29, 1.82) is 0 Å². The molecule has 4 rings (SSSR count). The molecule has 2 amide bonds. The standard InChI is InChI=1S/C21H24N2O4/c1-15-21(25)23(18-10-4-5-11-19(18)27-15)14-20(24)22(16-7-2-3-8-16)13-17-9-6-12-26-17/h4-6,9-12,15-16H,2-3,7-8,13-14H2,1H3. The number of nitrogens with zero attached hydrogens (tertiary/aromatic N) is 2. The molecule has 6 heteroatoms. The van der Waals surface area contributed by atoms with Gasteiger partial charge in [0.2, 0.25) is 5.91 Å². The predicted octanol–water partition coefficient (Wildman–Crippen LogP) is 3.36. The normalized spacial score (nSPS) is 19.7. The third-order valence-corrected chi connectivity index (χ3v) is 5.36. The van der Waals surface area contributed by atoms with E-state index in [2.05, 4.69) is 0 Å². The number of amides is 2. The quantitative estimate of drug-likeness (QED) is 0.812. The Morgan fingerprint density at radius 2 is 1.96 bits per heavy atom. The average Bonchev–Trinajstić information content (AvgIpc) is 3.37. The minimum Gasteiger partial charge on any atom is -0.479 e. The molecule has 1 aliphatic carbocycles. The van der Waals surface area contributed by atoms with Crippen LogP contribution in [0.1, 0.15) is 38.4 Å². The largest absolute Gasteiger partial charge is 0.479 e. The number of hydrogen-bond acceptors (Lipinski definition) is 4. The van der Waals surface area contributed by atoms with Gasteiger partial charge in [-0.2, -0.15) is 0 Å². The first kappa shape index (κ1) is 17.6. The van der Waals surface area contributed by atoms with Crippen LogP contribution in [0.5, 0.6) is 5.75 Å². The molecule has 1 fully saturated rings. The van der Waals surface area contributed by atoms with Crippen molar-refractivity contribution >= 4 is 17.5 Å². The van der Waals surface area contributed by atoms with Gasteiger partial charge in [-0.15, -0.1) is 0 Å². The predicted molar refractivity (Wildman–Crippen MR) is 100 cm³/mol. The number of carbonyl (C=O) groups is 2. The maximum Gasteiger partial charge on any atom is 0.268 e. The Morgan fingerprint density at radius 1 is 1.19 bits per heavy atom. The molecule has 1 atom stereocenters. The Morgan fingerprint density at radius 3 is 2.70 bits per heavy atom. The van der Waals surface area contributed by atoms with Gasteiger partial charge in [-0.05, 0) is 44.0 Å². The van der Waals surface area contributed by atoms with Gasteiger partial charge >= 0.3 is 0 Å². The fraction of sp³-hybridized carbons (Fsp3) is 0.429. The molecule has 0 radical (unpaired) electrons. The lowest BCUT2D eigenvalue weighted by Gasteiger charge is -2.35. The van der Waals surface area contributed by atoms with E-state index in [1.165, 1.54) is 0 Å². The van der Waals surface area contributed by atoms with E-state index >= 15 is 0 Å². The fourth-order valence-electron chi connectivity index (χ4n) is 3.96. The van der Waals surface area contributed by atoms with Crippen LogP contribution in [0.4, 0.5) is 5.69 Å². The van der Waals surface area contributed by atoms with E-state index in [0.717, 1.165) is 31.4 Å². The lowest BCUT2D eigenvalue weighted by Crippen LogP contribution is -2.51. The second kappa shape index (κ2) is 7.47. The second-order valence-electron chi connectivity index (χ2n) is 7.19. The molecule has 1 saturated carbocycles. The Labute approximate surface area is 158 Å². The third-order valence-electron chi connectivity index (χ3n) is 5.36. The number of fused-ring (bicyclic) bond motifs is 1. The number of para-hydroxylation sites is 2.